The Kier molecular flexibility index (Phi) is 7.16. The minimum absolute atomic E-state index is 0. The van der Waals surface area contributed by atoms with Crippen molar-refractivity contribution in [1.29, 1.82) is 0 Å². The van der Waals surface area contributed by atoms with Gasteiger partial charge in [-0.1, -0.05) is 0 Å². The van der Waals surface area contributed by atoms with E-state index in [4.69, 9.17) is 15.2 Å². The van der Waals surface area contributed by atoms with E-state index in [0.29, 0.717) is 12.5 Å². The van der Waals surface area contributed by atoms with E-state index >= 15 is 0 Å². The third-order valence-electron chi connectivity index (χ3n) is 3.90. The standard InChI is InChI=1S/C17H26N2O3.ClH/c1-17(2,18)16(20)19-10-4-5-13(11-19)12-22-15-8-6-14(21-3)7-9-15;/h6-9,13H,4-5,10-12,18H2,1-3H3;1H. The number of carbonyl (C=O) groups is 1. The molecule has 1 unspecified atom stereocenters. The molecule has 0 aromatic heterocycles. The Labute approximate surface area is 144 Å². The fraction of sp³-hybridized carbons (Fsp3) is 0.588. The average molecular weight is 343 g/mol. The zero-order valence-corrected chi connectivity index (χ0v) is 14.9. The lowest BCUT2D eigenvalue weighted by Gasteiger charge is -2.36. The molecular weight excluding hydrogens is 316 g/mol. The monoisotopic (exact) mass is 342 g/mol. The number of methoxy groups -OCH3 is 1. The summed E-state index contributed by atoms with van der Waals surface area (Å²) in [7, 11) is 1.64. The van der Waals surface area contributed by atoms with Crippen LogP contribution in [0, 0.1) is 5.92 Å². The van der Waals surface area contributed by atoms with E-state index in [1.807, 2.05) is 29.2 Å². The van der Waals surface area contributed by atoms with Crippen LogP contribution >= 0.6 is 12.4 Å². The molecule has 23 heavy (non-hydrogen) atoms. The number of ether oxygens (including phenoxy) is 2. The van der Waals surface area contributed by atoms with E-state index in [1.165, 1.54) is 0 Å². The van der Waals surface area contributed by atoms with Gasteiger partial charge >= 0.3 is 0 Å². The molecule has 2 N–H and O–H groups in total. The zero-order chi connectivity index (χ0) is 16.2. The van der Waals surface area contributed by atoms with Gasteiger partial charge in [0.25, 0.3) is 0 Å². The summed E-state index contributed by atoms with van der Waals surface area (Å²) in [6.07, 6.45) is 2.07. The van der Waals surface area contributed by atoms with Crippen molar-refractivity contribution in [2.75, 3.05) is 26.8 Å². The molecule has 1 aliphatic heterocycles. The second-order valence-corrected chi connectivity index (χ2v) is 6.47. The highest BCUT2D eigenvalue weighted by atomic mass is 35.5. The van der Waals surface area contributed by atoms with Gasteiger partial charge in [0.05, 0.1) is 19.3 Å². The van der Waals surface area contributed by atoms with E-state index in [-0.39, 0.29) is 18.3 Å². The minimum atomic E-state index is -0.807. The van der Waals surface area contributed by atoms with Crippen molar-refractivity contribution in [3.05, 3.63) is 24.3 Å². The van der Waals surface area contributed by atoms with Gasteiger partial charge in [-0.3, -0.25) is 4.79 Å². The number of halogens is 1. The lowest BCUT2D eigenvalue weighted by atomic mass is 9.96. The Morgan fingerprint density at radius 3 is 2.48 bits per heavy atom. The smallest absolute Gasteiger partial charge is 0.242 e. The Bertz CT molecular complexity index is 500. The van der Waals surface area contributed by atoms with Crippen molar-refractivity contribution in [2.24, 2.45) is 11.7 Å². The van der Waals surface area contributed by atoms with Gasteiger partial charge in [-0.05, 0) is 51.0 Å². The summed E-state index contributed by atoms with van der Waals surface area (Å²) in [5.74, 6) is 2.00. The SMILES string of the molecule is COc1ccc(OCC2CCCN(C(=O)C(C)(C)N)C2)cc1.Cl. The first kappa shape index (κ1) is 19.6. The van der Waals surface area contributed by atoms with Crippen molar-refractivity contribution < 1.29 is 14.3 Å². The van der Waals surface area contributed by atoms with Crippen LogP contribution in [0.3, 0.4) is 0 Å². The van der Waals surface area contributed by atoms with E-state index in [0.717, 1.165) is 37.4 Å². The predicted molar refractivity (Wildman–Crippen MR) is 93.3 cm³/mol. The highest BCUT2D eigenvalue weighted by molar-refractivity contribution is 5.85. The maximum Gasteiger partial charge on any atom is 0.242 e. The van der Waals surface area contributed by atoms with Crippen LogP contribution in [0.25, 0.3) is 0 Å². The topological polar surface area (TPSA) is 64.8 Å². The Morgan fingerprint density at radius 2 is 1.91 bits per heavy atom. The molecule has 1 aromatic rings. The van der Waals surface area contributed by atoms with Gasteiger partial charge in [0.15, 0.2) is 0 Å². The molecule has 1 fully saturated rings. The summed E-state index contributed by atoms with van der Waals surface area (Å²) >= 11 is 0. The van der Waals surface area contributed by atoms with Crippen LogP contribution in [-0.2, 0) is 4.79 Å². The van der Waals surface area contributed by atoms with Gasteiger partial charge in [0, 0.05) is 19.0 Å². The number of carbonyl (C=O) groups excluding carboxylic acids is 1. The Morgan fingerprint density at radius 1 is 1.30 bits per heavy atom. The first-order valence-corrected chi connectivity index (χ1v) is 7.75. The molecule has 6 heteroatoms. The van der Waals surface area contributed by atoms with Crippen molar-refractivity contribution in [1.82, 2.24) is 4.90 Å². The second kappa shape index (κ2) is 8.41. The summed E-state index contributed by atoms with van der Waals surface area (Å²) in [6.45, 7) is 5.63. The summed E-state index contributed by atoms with van der Waals surface area (Å²) in [5, 5.41) is 0. The first-order valence-electron chi connectivity index (χ1n) is 7.75. The molecule has 130 valence electrons. The molecule has 1 aliphatic rings. The molecule has 1 atom stereocenters. The van der Waals surface area contributed by atoms with Gasteiger partial charge in [-0.2, -0.15) is 0 Å². The van der Waals surface area contributed by atoms with Crippen molar-refractivity contribution >= 4 is 18.3 Å². The van der Waals surface area contributed by atoms with Crippen LogP contribution in [0.2, 0.25) is 0 Å². The zero-order valence-electron chi connectivity index (χ0n) is 14.1. The largest absolute Gasteiger partial charge is 0.497 e. The summed E-state index contributed by atoms with van der Waals surface area (Å²) < 4.78 is 11.0. The molecule has 1 aromatic carbocycles. The average Bonchev–Trinajstić information content (AvgIpc) is 2.52. The van der Waals surface area contributed by atoms with Crippen LogP contribution in [-0.4, -0.2) is 43.2 Å². The predicted octanol–water partition coefficient (Wildman–Crippen LogP) is 2.47. The van der Waals surface area contributed by atoms with Crippen molar-refractivity contribution in [3.8, 4) is 11.5 Å². The van der Waals surface area contributed by atoms with E-state index in [1.54, 1.807) is 21.0 Å². The van der Waals surface area contributed by atoms with Gasteiger partial charge in [-0.15, -0.1) is 12.4 Å². The number of rotatable bonds is 5. The highest BCUT2D eigenvalue weighted by Gasteiger charge is 2.31. The Hall–Kier alpha value is -1.46. The van der Waals surface area contributed by atoms with Crippen LogP contribution < -0.4 is 15.2 Å². The van der Waals surface area contributed by atoms with Gasteiger partial charge in [0.1, 0.15) is 11.5 Å². The molecule has 0 radical (unpaired) electrons. The van der Waals surface area contributed by atoms with E-state index < -0.39 is 5.54 Å². The molecule has 1 heterocycles. The number of nitrogens with two attached hydrogens (primary N) is 1. The normalized spacial score (nSPS) is 18.1. The van der Waals surface area contributed by atoms with Gasteiger partial charge in [0.2, 0.25) is 5.91 Å². The van der Waals surface area contributed by atoms with Crippen molar-refractivity contribution in [2.45, 2.75) is 32.2 Å². The second-order valence-electron chi connectivity index (χ2n) is 6.47. The van der Waals surface area contributed by atoms with Crippen LogP contribution in [0.1, 0.15) is 26.7 Å². The molecule has 2 rings (SSSR count). The van der Waals surface area contributed by atoms with Crippen LogP contribution in [0.15, 0.2) is 24.3 Å². The maximum atomic E-state index is 12.3. The number of hydrogen-bond donors (Lipinski definition) is 1. The molecular formula is C17H27ClN2O3. The fourth-order valence-corrected chi connectivity index (χ4v) is 2.68. The summed E-state index contributed by atoms with van der Waals surface area (Å²) in [6, 6.07) is 7.55. The third kappa shape index (κ3) is 5.59. The molecule has 0 saturated carbocycles. The molecule has 5 nitrogen and oxygen atoms in total. The number of amides is 1. The lowest BCUT2D eigenvalue weighted by molar-refractivity contribution is -0.137. The van der Waals surface area contributed by atoms with Crippen molar-refractivity contribution in [3.63, 3.8) is 0 Å². The number of likely N-dealkylation sites (tertiary alicyclic amines) is 1. The van der Waals surface area contributed by atoms with Crippen LogP contribution in [0.4, 0.5) is 0 Å². The summed E-state index contributed by atoms with van der Waals surface area (Å²) in [4.78, 5) is 14.1. The fourth-order valence-electron chi connectivity index (χ4n) is 2.68. The van der Waals surface area contributed by atoms with Gasteiger partial charge in [-0.25, -0.2) is 0 Å². The highest BCUT2D eigenvalue weighted by Crippen LogP contribution is 2.22. The molecule has 0 aliphatic carbocycles. The molecule has 0 spiro atoms. The van der Waals surface area contributed by atoms with E-state index in [9.17, 15) is 4.79 Å². The first-order chi connectivity index (χ1) is 10.4. The van der Waals surface area contributed by atoms with Gasteiger partial charge < -0.3 is 20.1 Å². The maximum absolute atomic E-state index is 12.3. The quantitative estimate of drug-likeness (QED) is 0.892. The summed E-state index contributed by atoms with van der Waals surface area (Å²) in [5.41, 5.74) is 5.11. The Balaban J connectivity index is 0.00000264. The number of hydrogen-bond acceptors (Lipinski definition) is 4. The number of nitrogens with zero attached hydrogens (tertiary/aromatic N) is 1. The van der Waals surface area contributed by atoms with E-state index in [2.05, 4.69) is 0 Å². The molecule has 0 bridgehead atoms. The number of benzene rings is 1. The molecule has 1 amide bonds. The van der Waals surface area contributed by atoms with Crippen LogP contribution in [0.5, 0.6) is 11.5 Å². The minimum Gasteiger partial charge on any atom is -0.497 e. The third-order valence-corrected chi connectivity index (χ3v) is 3.90. The lowest BCUT2D eigenvalue weighted by Crippen LogP contribution is -2.54. The molecule has 1 saturated heterocycles. The number of piperidine rings is 1.